The molecule has 0 radical (unpaired) electrons. The Morgan fingerprint density at radius 3 is 2.84 bits per heavy atom. The standard InChI is InChI=1S/C13H14N2O4/c1-14-6-2-3-9(13(16)17)7-10-8-11(15(18)19)4-5-12(10)14/h4-5,7-8H,2-3,6H2,1H3,(H,16,17)/b9-7+. The number of carbonyl (C=O) groups is 1. The van der Waals surface area contributed by atoms with Crippen LogP contribution in [0.2, 0.25) is 0 Å². The van der Waals surface area contributed by atoms with Crippen LogP contribution in [0.25, 0.3) is 6.08 Å². The zero-order chi connectivity index (χ0) is 14.0. The summed E-state index contributed by atoms with van der Waals surface area (Å²) in [5, 5.41) is 19.9. The number of nitro benzene ring substituents is 1. The first-order valence-electron chi connectivity index (χ1n) is 5.92. The van der Waals surface area contributed by atoms with Crippen LogP contribution in [0.3, 0.4) is 0 Å². The van der Waals surface area contributed by atoms with E-state index in [9.17, 15) is 14.9 Å². The summed E-state index contributed by atoms with van der Waals surface area (Å²) in [5.41, 5.74) is 1.64. The second kappa shape index (κ2) is 5.09. The topological polar surface area (TPSA) is 83.7 Å². The second-order valence-corrected chi connectivity index (χ2v) is 4.50. The fourth-order valence-corrected chi connectivity index (χ4v) is 2.17. The molecule has 1 N–H and O–H groups in total. The van der Waals surface area contributed by atoms with E-state index in [4.69, 9.17) is 5.11 Å². The molecule has 0 saturated carbocycles. The average Bonchev–Trinajstić information content (AvgIpc) is 2.34. The lowest BCUT2D eigenvalue weighted by atomic mass is 10.0. The maximum absolute atomic E-state index is 11.1. The Morgan fingerprint density at radius 1 is 1.47 bits per heavy atom. The molecule has 0 atom stereocenters. The molecule has 19 heavy (non-hydrogen) atoms. The van der Waals surface area contributed by atoms with Gasteiger partial charge in [0.1, 0.15) is 0 Å². The fourth-order valence-electron chi connectivity index (χ4n) is 2.17. The van der Waals surface area contributed by atoms with Crippen molar-refractivity contribution in [3.05, 3.63) is 39.4 Å². The summed E-state index contributed by atoms with van der Waals surface area (Å²) in [7, 11) is 1.89. The van der Waals surface area contributed by atoms with E-state index in [0.29, 0.717) is 12.0 Å². The van der Waals surface area contributed by atoms with Gasteiger partial charge in [-0.1, -0.05) is 0 Å². The molecule has 1 heterocycles. The summed E-state index contributed by atoms with van der Waals surface area (Å²) in [6.45, 7) is 0.718. The molecule has 1 aromatic rings. The average molecular weight is 262 g/mol. The van der Waals surface area contributed by atoms with Crippen LogP contribution in [-0.4, -0.2) is 29.6 Å². The zero-order valence-electron chi connectivity index (χ0n) is 10.5. The monoisotopic (exact) mass is 262 g/mol. The molecular weight excluding hydrogens is 248 g/mol. The van der Waals surface area contributed by atoms with Gasteiger partial charge < -0.3 is 10.0 Å². The summed E-state index contributed by atoms with van der Waals surface area (Å²) in [6.07, 6.45) is 2.73. The van der Waals surface area contributed by atoms with Gasteiger partial charge in [-0.25, -0.2) is 4.79 Å². The van der Waals surface area contributed by atoms with Gasteiger partial charge in [0.25, 0.3) is 5.69 Å². The van der Waals surface area contributed by atoms with E-state index in [1.807, 2.05) is 11.9 Å². The third kappa shape index (κ3) is 2.73. The van der Waals surface area contributed by atoms with E-state index < -0.39 is 10.9 Å². The van der Waals surface area contributed by atoms with Crippen molar-refractivity contribution < 1.29 is 14.8 Å². The molecule has 0 saturated heterocycles. The van der Waals surface area contributed by atoms with Gasteiger partial charge in [0.2, 0.25) is 0 Å². The van der Waals surface area contributed by atoms with Crippen molar-refractivity contribution in [1.29, 1.82) is 0 Å². The van der Waals surface area contributed by atoms with Gasteiger partial charge in [0, 0.05) is 42.5 Å². The van der Waals surface area contributed by atoms with E-state index >= 15 is 0 Å². The number of carboxylic acid groups (broad SMARTS) is 1. The van der Waals surface area contributed by atoms with E-state index in [1.54, 1.807) is 6.07 Å². The summed E-state index contributed by atoms with van der Waals surface area (Å²) >= 11 is 0. The maximum atomic E-state index is 11.1. The Balaban J connectivity index is 2.57. The number of carboxylic acids is 1. The van der Waals surface area contributed by atoms with Crippen molar-refractivity contribution in [1.82, 2.24) is 0 Å². The Bertz CT molecular complexity index is 566. The second-order valence-electron chi connectivity index (χ2n) is 4.50. The summed E-state index contributed by atoms with van der Waals surface area (Å²) in [4.78, 5) is 23.4. The van der Waals surface area contributed by atoms with Crippen LogP contribution >= 0.6 is 0 Å². The van der Waals surface area contributed by atoms with E-state index in [2.05, 4.69) is 0 Å². The van der Waals surface area contributed by atoms with E-state index in [1.165, 1.54) is 18.2 Å². The first-order chi connectivity index (χ1) is 8.99. The highest BCUT2D eigenvalue weighted by atomic mass is 16.6. The van der Waals surface area contributed by atoms with Gasteiger partial charge in [-0.05, 0) is 25.0 Å². The molecule has 2 rings (SSSR count). The molecule has 100 valence electrons. The molecule has 0 spiro atoms. The Labute approximate surface area is 110 Å². The molecule has 0 amide bonds. The molecule has 6 nitrogen and oxygen atoms in total. The quantitative estimate of drug-likeness (QED) is 0.653. The minimum atomic E-state index is -0.970. The largest absolute Gasteiger partial charge is 0.478 e. The van der Waals surface area contributed by atoms with Gasteiger partial charge in [0.05, 0.1) is 4.92 Å². The number of fused-ring (bicyclic) bond motifs is 1. The summed E-state index contributed by atoms with van der Waals surface area (Å²) in [5.74, 6) is -0.970. The van der Waals surface area contributed by atoms with Crippen LogP contribution in [0.4, 0.5) is 11.4 Å². The minimum absolute atomic E-state index is 0.0336. The molecule has 0 bridgehead atoms. The molecule has 0 aliphatic carbocycles. The van der Waals surface area contributed by atoms with Crippen molar-refractivity contribution in [3.8, 4) is 0 Å². The highest BCUT2D eigenvalue weighted by Gasteiger charge is 2.17. The van der Waals surface area contributed by atoms with Crippen molar-refractivity contribution in [2.45, 2.75) is 12.8 Å². The van der Waals surface area contributed by atoms with Crippen molar-refractivity contribution in [2.24, 2.45) is 0 Å². The van der Waals surface area contributed by atoms with Gasteiger partial charge in [0.15, 0.2) is 0 Å². The maximum Gasteiger partial charge on any atom is 0.331 e. The van der Waals surface area contributed by atoms with Crippen LogP contribution in [-0.2, 0) is 4.79 Å². The number of non-ortho nitro benzene ring substituents is 1. The minimum Gasteiger partial charge on any atom is -0.478 e. The Morgan fingerprint density at radius 2 is 2.21 bits per heavy atom. The predicted octanol–water partition coefficient (Wildman–Crippen LogP) is 2.29. The number of benzene rings is 1. The molecule has 1 aliphatic rings. The van der Waals surface area contributed by atoms with Crippen LogP contribution in [0.5, 0.6) is 0 Å². The van der Waals surface area contributed by atoms with Crippen molar-refractivity contribution in [2.75, 3.05) is 18.5 Å². The van der Waals surface area contributed by atoms with Crippen molar-refractivity contribution >= 4 is 23.4 Å². The number of anilines is 1. The molecule has 6 heteroatoms. The van der Waals surface area contributed by atoms with Gasteiger partial charge in [-0.15, -0.1) is 0 Å². The van der Waals surface area contributed by atoms with Crippen LogP contribution in [0.15, 0.2) is 23.8 Å². The van der Waals surface area contributed by atoms with Gasteiger partial charge in [-0.3, -0.25) is 10.1 Å². The molecule has 1 aliphatic heterocycles. The first kappa shape index (κ1) is 13.1. The predicted molar refractivity (Wildman–Crippen MR) is 71.2 cm³/mol. The number of nitrogens with zero attached hydrogens (tertiary/aromatic N) is 2. The van der Waals surface area contributed by atoms with E-state index in [-0.39, 0.29) is 11.3 Å². The third-order valence-corrected chi connectivity index (χ3v) is 3.18. The first-order valence-corrected chi connectivity index (χ1v) is 5.92. The van der Waals surface area contributed by atoms with Gasteiger partial charge >= 0.3 is 5.97 Å². The third-order valence-electron chi connectivity index (χ3n) is 3.18. The van der Waals surface area contributed by atoms with Crippen LogP contribution in [0.1, 0.15) is 18.4 Å². The summed E-state index contributed by atoms with van der Waals surface area (Å²) < 4.78 is 0. The molecule has 1 aromatic carbocycles. The van der Waals surface area contributed by atoms with Gasteiger partial charge in [-0.2, -0.15) is 0 Å². The zero-order valence-corrected chi connectivity index (χ0v) is 10.5. The number of hydrogen-bond donors (Lipinski definition) is 1. The van der Waals surface area contributed by atoms with Crippen molar-refractivity contribution in [3.63, 3.8) is 0 Å². The Kier molecular flexibility index (Phi) is 3.50. The van der Waals surface area contributed by atoms with E-state index in [0.717, 1.165) is 18.7 Å². The number of rotatable bonds is 2. The number of nitro groups is 1. The summed E-state index contributed by atoms with van der Waals surface area (Å²) in [6, 6.07) is 4.51. The smallest absolute Gasteiger partial charge is 0.331 e. The lowest BCUT2D eigenvalue weighted by Crippen LogP contribution is -2.21. The highest BCUT2D eigenvalue weighted by molar-refractivity contribution is 5.93. The normalized spacial score (nSPS) is 17.7. The highest BCUT2D eigenvalue weighted by Crippen LogP contribution is 2.29. The van der Waals surface area contributed by atoms with Crippen LogP contribution in [0, 0.1) is 10.1 Å². The lowest BCUT2D eigenvalue weighted by Gasteiger charge is -2.23. The number of hydrogen-bond acceptors (Lipinski definition) is 4. The van der Waals surface area contributed by atoms with Crippen LogP contribution < -0.4 is 4.90 Å². The lowest BCUT2D eigenvalue weighted by molar-refractivity contribution is -0.384. The molecule has 0 aromatic heterocycles. The number of aliphatic carboxylic acids is 1. The SMILES string of the molecule is CN1CCC/C(C(=O)O)=C\c2cc([N+](=O)[O-])ccc21. The fraction of sp³-hybridized carbons (Fsp3) is 0.308. The molecule has 0 unspecified atom stereocenters. The molecular formula is C13H14N2O4. The molecule has 0 fully saturated rings. The Hall–Kier alpha value is -2.37.